The van der Waals surface area contributed by atoms with Crippen LogP contribution in [0.25, 0.3) is 0 Å². The average Bonchev–Trinajstić information content (AvgIpc) is 2.72. The Bertz CT molecular complexity index is 824. The number of benzene rings is 1. The normalized spacial score (nSPS) is 18.8. The highest BCUT2D eigenvalue weighted by atomic mass is 32.2. The van der Waals surface area contributed by atoms with Crippen LogP contribution in [0.5, 0.6) is 0 Å². The summed E-state index contributed by atoms with van der Waals surface area (Å²) in [7, 11) is -3.34. The molecule has 1 heterocycles. The first-order valence-corrected chi connectivity index (χ1v) is 12.9. The van der Waals surface area contributed by atoms with Crippen LogP contribution in [-0.2, 0) is 14.8 Å². The molecule has 1 aromatic carbocycles. The molecule has 1 aromatic rings. The highest BCUT2D eigenvalue weighted by molar-refractivity contribution is 7.92. The monoisotopic (exact) mass is 435 g/mol. The van der Waals surface area contributed by atoms with E-state index in [1.165, 1.54) is 32.1 Å². The fraction of sp³-hybridized carbons (Fsp3) is 0.636. The number of carbonyl (C=O) groups is 2. The predicted molar refractivity (Wildman–Crippen MR) is 118 cm³/mol. The van der Waals surface area contributed by atoms with Crippen LogP contribution >= 0.6 is 0 Å². The maximum absolute atomic E-state index is 12.5. The van der Waals surface area contributed by atoms with Crippen molar-refractivity contribution in [3.05, 3.63) is 29.8 Å². The Balaban J connectivity index is 1.40. The maximum atomic E-state index is 12.5. The topological polar surface area (TPSA) is 95.6 Å². The molecular weight excluding hydrogens is 402 g/mol. The van der Waals surface area contributed by atoms with Crippen LogP contribution < -0.4 is 10.0 Å². The molecule has 0 radical (unpaired) electrons. The molecule has 2 N–H and O–H groups in total. The van der Waals surface area contributed by atoms with Gasteiger partial charge in [-0.1, -0.05) is 32.1 Å². The van der Waals surface area contributed by atoms with Crippen LogP contribution in [0.2, 0.25) is 0 Å². The van der Waals surface area contributed by atoms with Crippen LogP contribution in [0.4, 0.5) is 5.69 Å². The Hall–Kier alpha value is -2.09. The second kappa shape index (κ2) is 10.3. The van der Waals surface area contributed by atoms with Crippen LogP contribution in [0.15, 0.2) is 24.3 Å². The lowest BCUT2D eigenvalue weighted by molar-refractivity contribution is -0.132. The van der Waals surface area contributed by atoms with Gasteiger partial charge in [0.2, 0.25) is 15.9 Å². The quantitative estimate of drug-likeness (QED) is 0.688. The van der Waals surface area contributed by atoms with E-state index in [0.29, 0.717) is 30.8 Å². The first-order valence-electron chi connectivity index (χ1n) is 11.0. The maximum Gasteiger partial charge on any atom is 0.251 e. The molecule has 1 aliphatic heterocycles. The molecule has 1 aliphatic carbocycles. The van der Waals surface area contributed by atoms with Gasteiger partial charge in [0.25, 0.3) is 5.91 Å². The van der Waals surface area contributed by atoms with E-state index in [2.05, 4.69) is 10.0 Å². The summed E-state index contributed by atoms with van der Waals surface area (Å²) < 4.78 is 24.9. The molecule has 0 atom stereocenters. The fourth-order valence-corrected chi connectivity index (χ4v) is 4.97. The summed E-state index contributed by atoms with van der Waals surface area (Å²) in [5, 5.41) is 3.03. The molecule has 166 valence electrons. The van der Waals surface area contributed by atoms with Crippen LogP contribution in [0.3, 0.4) is 0 Å². The van der Waals surface area contributed by atoms with Crippen LogP contribution in [0.1, 0.15) is 68.1 Å². The SMILES string of the molecule is CS(=O)(=O)Nc1ccc(C(=O)NC2CCN(C(=O)CCC3CCCCC3)CC2)cc1. The minimum absolute atomic E-state index is 0.0497. The number of nitrogens with one attached hydrogen (secondary N) is 2. The highest BCUT2D eigenvalue weighted by Crippen LogP contribution is 2.27. The molecule has 2 amide bonds. The Labute approximate surface area is 179 Å². The van der Waals surface area contributed by atoms with Crippen molar-refractivity contribution in [3.8, 4) is 0 Å². The third-order valence-electron chi connectivity index (χ3n) is 6.12. The van der Waals surface area contributed by atoms with E-state index in [-0.39, 0.29) is 17.9 Å². The summed E-state index contributed by atoms with van der Waals surface area (Å²) in [4.78, 5) is 26.9. The zero-order valence-corrected chi connectivity index (χ0v) is 18.5. The number of likely N-dealkylation sites (tertiary alicyclic amines) is 1. The molecule has 0 bridgehead atoms. The van der Waals surface area contributed by atoms with Gasteiger partial charge in [-0.2, -0.15) is 0 Å². The molecule has 1 saturated heterocycles. The molecule has 30 heavy (non-hydrogen) atoms. The number of sulfonamides is 1. The molecule has 2 aliphatic rings. The number of nitrogens with zero attached hydrogens (tertiary/aromatic N) is 1. The van der Waals surface area contributed by atoms with Gasteiger partial charge in [-0.05, 0) is 49.4 Å². The third kappa shape index (κ3) is 7.00. The van der Waals surface area contributed by atoms with Crippen molar-refractivity contribution in [2.75, 3.05) is 24.1 Å². The zero-order chi connectivity index (χ0) is 21.6. The molecular formula is C22H33N3O4S. The Morgan fingerprint density at radius 1 is 1.00 bits per heavy atom. The standard InChI is InChI=1S/C22H33N3O4S/c1-30(28,29)24-20-10-8-18(9-11-20)22(27)23-19-13-15-25(16-14-19)21(26)12-7-17-5-3-2-4-6-17/h8-11,17,19,24H,2-7,12-16H2,1H3,(H,23,27). The van der Waals surface area contributed by atoms with E-state index in [1.807, 2.05) is 4.90 Å². The number of piperidine rings is 1. The lowest BCUT2D eigenvalue weighted by Crippen LogP contribution is -2.46. The summed E-state index contributed by atoms with van der Waals surface area (Å²) >= 11 is 0. The van der Waals surface area contributed by atoms with Crippen molar-refractivity contribution in [1.82, 2.24) is 10.2 Å². The summed E-state index contributed by atoms with van der Waals surface area (Å²) in [6.07, 6.45) is 10.8. The number of carbonyl (C=O) groups excluding carboxylic acids is 2. The molecule has 2 fully saturated rings. The van der Waals surface area contributed by atoms with Crippen molar-refractivity contribution in [2.24, 2.45) is 5.92 Å². The van der Waals surface area contributed by atoms with Gasteiger partial charge in [0.05, 0.1) is 6.26 Å². The van der Waals surface area contributed by atoms with E-state index in [1.54, 1.807) is 24.3 Å². The molecule has 3 rings (SSSR count). The van der Waals surface area contributed by atoms with Crippen molar-refractivity contribution in [1.29, 1.82) is 0 Å². The minimum Gasteiger partial charge on any atom is -0.349 e. The second-order valence-electron chi connectivity index (χ2n) is 8.62. The van der Waals surface area contributed by atoms with Crippen molar-refractivity contribution >= 4 is 27.5 Å². The Kier molecular flexibility index (Phi) is 7.75. The van der Waals surface area contributed by atoms with E-state index < -0.39 is 10.0 Å². The fourth-order valence-electron chi connectivity index (χ4n) is 4.41. The molecule has 0 aromatic heterocycles. The molecule has 1 saturated carbocycles. The number of hydrogen-bond acceptors (Lipinski definition) is 4. The van der Waals surface area contributed by atoms with Crippen molar-refractivity contribution < 1.29 is 18.0 Å². The van der Waals surface area contributed by atoms with Gasteiger partial charge in [0.15, 0.2) is 0 Å². The first-order chi connectivity index (χ1) is 14.3. The molecule has 7 nitrogen and oxygen atoms in total. The summed E-state index contributed by atoms with van der Waals surface area (Å²) in [5.74, 6) is 0.792. The Morgan fingerprint density at radius 3 is 2.23 bits per heavy atom. The Morgan fingerprint density at radius 2 is 1.63 bits per heavy atom. The van der Waals surface area contributed by atoms with Crippen LogP contribution in [0, 0.1) is 5.92 Å². The molecule has 0 spiro atoms. The lowest BCUT2D eigenvalue weighted by atomic mass is 9.86. The molecule has 8 heteroatoms. The van der Waals surface area contributed by atoms with Gasteiger partial charge in [0.1, 0.15) is 0 Å². The lowest BCUT2D eigenvalue weighted by Gasteiger charge is -2.33. The average molecular weight is 436 g/mol. The van der Waals surface area contributed by atoms with E-state index >= 15 is 0 Å². The number of anilines is 1. The zero-order valence-electron chi connectivity index (χ0n) is 17.7. The van der Waals surface area contributed by atoms with E-state index in [0.717, 1.165) is 31.4 Å². The number of rotatable bonds is 7. The summed E-state index contributed by atoms with van der Waals surface area (Å²) in [6, 6.07) is 6.40. The number of amides is 2. The summed E-state index contributed by atoms with van der Waals surface area (Å²) in [5.41, 5.74) is 0.911. The van der Waals surface area contributed by atoms with Crippen molar-refractivity contribution in [3.63, 3.8) is 0 Å². The summed E-state index contributed by atoms with van der Waals surface area (Å²) in [6.45, 7) is 1.37. The van der Waals surface area contributed by atoms with E-state index in [4.69, 9.17) is 0 Å². The number of hydrogen-bond donors (Lipinski definition) is 2. The van der Waals surface area contributed by atoms with Crippen LogP contribution in [-0.4, -0.2) is 50.5 Å². The van der Waals surface area contributed by atoms with Gasteiger partial charge in [-0.15, -0.1) is 0 Å². The largest absolute Gasteiger partial charge is 0.349 e. The van der Waals surface area contributed by atoms with Gasteiger partial charge < -0.3 is 10.2 Å². The minimum atomic E-state index is -3.34. The van der Waals surface area contributed by atoms with Gasteiger partial charge in [-0.25, -0.2) is 8.42 Å². The highest BCUT2D eigenvalue weighted by Gasteiger charge is 2.25. The van der Waals surface area contributed by atoms with Gasteiger partial charge >= 0.3 is 0 Å². The third-order valence-corrected chi connectivity index (χ3v) is 6.73. The predicted octanol–water partition coefficient (Wildman–Crippen LogP) is 3.14. The van der Waals surface area contributed by atoms with Gasteiger partial charge in [-0.3, -0.25) is 14.3 Å². The van der Waals surface area contributed by atoms with Gasteiger partial charge in [0, 0.05) is 36.8 Å². The van der Waals surface area contributed by atoms with Crippen molar-refractivity contribution in [2.45, 2.75) is 63.8 Å². The second-order valence-corrected chi connectivity index (χ2v) is 10.4. The van der Waals surface area contributed by atoms with E-state index in [9.17, 15) is 18.0 Å². The smallest absolute Gasteiger partial charge is 0.251 e. The first kappa shape index (κ1) is 22.6. The molecule has 0 unspecified atom stereocenters.